The third kappa shape index (κ3) is 4.64. The van der Waals surface area contributed by atoms with E-state index >= 15 is 0 Å². The standard InChI is InChI=1S/C23H26N2OS/c1-23(2,3)25(22(26)14-15-27-19-10-6-5-7-11-19)17-18-16-24(4)21-13-9-8-12-20(18)21/h5-16H,17H2,1-4H3/b15-14-. The highest BCUT2D eigenvalue weighted by atomic mass is 32.2. The van der Waals surface area contributed by atoms with Gasteiger partial charge in [-0.15, -0.1) is 0 Å². The second kappa shape index (κ2) is 8.05. The molecule has 2 aromatic carbocycles. The van der Waals surface area contributed by atoms with Crippen molar-refractivity contribution in [2.24, 2.45) is 7.05 Å². The molecule has 3 rings (SSSR count). The van der Waals surface area contributed by atoms with Gasteiger partial charge in [-0.05, 0) is 49.9 Å². The number of aryl methyl sites for hydroxylation is 1. The Kier molecular flexibility index (Phi) is 5.76. The Morgan fingerprint density at radius 1 is 1.07 bits per heavy atom. The van der Waals surface area contributed by atoms with Crippen LogP contribution in [0, 0.1) is 0 Å². The molecule has 0 aliphatic rings. The molecule has 0 radical (unpaired) electrons. The normalized spacial score (nSPS) is 12.0. The molecule has 0 saturated carbocycles. The van der Waals surface area contributed by atoms with Crippen molar-refractivity contribution >= 4 is 28.6 Å². The van der Waals surface area contributed by atoms with E-state index in [0.717, 1.165) is 4.90 Å². The van der Waals surface area contributed by atoms with E-state index < -0.39 is 0 Å². The van der Waals surface area contributed by atoms with Gasteiger partial charge in [0.15, 0.2) is 0 Å². The van der Waals surface area contributed by atoms with Crippen LogP contribution in [-0.2, 0) is 18.4 Å². The zero-order chi connectivity index (χ0) is 19.4. The molecule has 4 heteroatoms. The lowest BCUT2D eigenvalue weighted by atomic mass is 10.0. The first kappa shape index (κ1) is 19.3. The van der Waals surface area contributed by atoms with Gasteiger partial charge in [0, 0.05) is 47.2 Å². The molecule has 0 bridgehead atoms. The smallest absolute Gasteiger partial charge is 0.247 e. The summed E-state index contributed by atoms with van der Waals surface area (Å²) in [5.74, 6) is 0.0267. The highest BCUT2D eigenvalue weighted by molar-refractivity contribution is 8.02. The van der Waals surface area contributed by atoms with Crippen molar-refractivity contribution < 1.29 is 4.79 Å². The molecule has 0 fully saturated rings. The number of hydrogen-bond acceptors (Lipinski definition) is 2. The molecule has 0 saturated heterocycles. The Bertz CT molecular complexity index is 951. The van der Waals surface area contributed by atoms with Crippen LogP contribution in [0.2, 0.25) is 0 Å². The number of fused-ring (bicyclic) bond motifs is 1. The Hall–Kier alpha value is -2.46. The van der Waals surface area contributed by atoms with E-state index in [1.54, 1.807) is 17.8 Å². The highest BCUT2D eigenvalue weighted by Crippen LogP contribution is 2.26. The first-order valence-electron chi connectivity index (χ1n) is 9.09. The van der Waals surface area contributed by atoms with Crippen LogP contribution in [0.5, 0.6) is 0 Å². The molecule has 1 aromatic heterocycles. The minimum atomic E-state index is -0.268. The lowest BCUT2D eigenvalue weighted by Gasteiger charge is -2.35. The van der Waals surface area contributed by atoms with Gasteiger partial charge < -0.3 is 9.47 Å². The lowest BCUT2D eigenvalue weighted by molar-refractivity contribution is -0.131. The number of amides is 1. The molecule has 0 spiro atoms. The zero-order valence-electron chi connectivity index (χ0n) is 16.3. The first-order valence-corrected chi connectivity index (χ1v) is 9.97. The summed E-state index contributed by atoms with van der Waals surface area (Å²) in [7, 11) is 2.05. The molecule has 1 amide bonds. The zero-order valence-corrected chi connectivity index (χ0v) is 17.2. The van der Waals surface area contributed by atoms with E-state index in [-0.39, 0.29) is 11.4 Å². The summed E-state index contributed by atoms with van der Waals surface area (Å²) < 4.78 is 2.12. The Morgan fingerprint density at radius 3 is 2.44 bits per heavy atom. The number of thioether (sulfide) groups is 1. The topological polar surface area (TPSA) is 25.2 Å². The van der Waals surface area contributed by atoms with E-state index in [2.05, 4.69) is 43.7 Å². The molecule has 27 heavy (non-hydrogen) atoms. The van der Waals surface area contributed by atoms with Crippen molar-refractivity contribution in [2.75, 3.05) is 0 Å². The van der Waals surface area contributed by atoms with E-state index in [0.29, 0.717) is 6.54 Å². The molecule has 0 atom stereocenters. The average Bonchev–Trinajstić information content (AvgIpc) is 2.96. The van der Waals surface area contributed by atoms with Crippen LogP contribution in [0.3, 0.4) is 0 Å². The third-order valence-electron chi connectivity index (χ3n) is 4.54. The SMILES string of the molecule is Cn1cc(CN(C(=O)/C=C\Sc2ccccc2)C(C)(C)C)c2ccccc21. The molecular weight excluding hydrogens is 352 g/mol. The van der Waals surface area contributed by atoms with Crippen molar-refractivity contribution in [1.82, 2.24) is 9.47 Å². The predicted octanol–water partition coefficient (Wildman–Crippen LogP) is 5.61. The van der Waals surface area contributed by atoms with Crippen molar-refractivity contribution in [3.05, 3.63) is 77.8 Å². The molecule has 0 aliphatic carbocycles. The van der Waals surface area contributed by atoms with Crippen LogP contribution in [0.1, 0.15) is 26.3 Å². The van der Waals surface area contributed by atoms with Crippen LogP contribution >= 0.6 is 11.8 Å². The van der Waals surface area contributed by atoms with Gasteiger partial charge in [-0.2, -0.15) is 0 Å². The largest absolute Gasteiger partial charge is 0.350 e. The number of benzene rings is 2. The Balaban J connectivity index is 1.80. The van der Waals surface area contributed by atoms with Gasteiger partial charge in [0.1, 0.15) is 0 Å². The molecule has 140 valence electrons. The van der Waals surface area contributed by atoms with Gasteiger partial charge in [0.05, 0.1) is 0 Å². The maximum atomic E-state index is 12.9. The summed E-state index contributed by atoms with van der Waals surface area (Å²) >= 11 is 1.56. The summed E-state index contributed by atoms with van der Waals surface area (Å²) in [6, 6.07) is 18.4. The van der Waals surface area contributed by atoms with Crippen molar-refractivity contribution in [3.63, 3.8) is 0 Å². The van der Waals surface area contributed by atoms with E-state index in [1.165, 1.54) is 16.5 Å². The van der Waals surface area contributed by atoms with Gasteiger partial charge in [0.2, 0.25) is 5.91 Å². The summed E-state index contributed by atoms with van der Waals surface area (Å²) in [6.45, 7) is 6.82. The van der Waals surface area contributed by atoms with E-state index in [4.69, 9.17) is 0 Å². The fourth-order valence-corrected chi connectivity index (χ4v) is 3.78. The predicted molar refractivity (Wildman–Crippen MR) is 115 cm³/mol. The van der Waals surface area contributed by atoms with Crippen LogP contribution < -0.4 is 0 Å². The number of rotatable bonds is 5. The van der Waals surface area contributed by atoms with Crippen molar-refractivity contribution in [2.45, 2.75) is 37.8 Å². The third-order valence-corrected chi connectivity index (χ3v) is 5.36. The van der Waals surface area contributed by atoms with Gasteiger partial charge in [-0.25, -0.2) is 0 Å². The molecule has 3 aromatic rings. The maximum Gasteiger partial charge on any atom is 0.247 e. The molecule has 0 aliphatic heterocycles. The number of hydrogen-bond donors (Lipinski definition) is 0. The second-order valence-electron chi connectivity index (χ2n) is 7.61. The summed E-state index contributed by atoms with van der Waals surface area (Å²) in [4.78, 5) is 16.0. The number of aromatic nitrogens is 1. The molecule has 0 N–H and O–H groups in total. The fourth-order valence-electron chi connectivity index (χ4n) is 3.13. The van der Waals surface area contributed by atoms with Crippen molar-refractivity contribution in [1.29, 1.82) is 0 Å². The van der Waals surface area contributed by atoms with Crippen LogP contribution in [0.15, 0.2) is 77.2 Å². The van der Waals surface area contributed by atoms with Gasteiger partial charge in [-0.1, -0.05) is 48.2 Å². The molecule has 1 heterocycles. The molecule has 3 nitrogen and oxygen atoms in total. The minimum Gasteiger partial charge on any atom is -0.350 e. The first-order chi connectivity index (χ1) is 12.9. The maximum absolute atomic E-state index is 12.9. The van der Waals surface area contributed by atoms with Gasteiger partial charge in [-0.3, -0.25) is 4.79 Å². The lowest BCUT2D eigenvalue weighted by Crippen LogP contribution is -2.44. The fraction of sp³-hybridized carbons (Fsp3) is 0.261. The van der Waals surface area contributed by atoms with Crippen LogP contribution in [0.4, 0.5) is 0 Å². The summed E-state index contributed by atoms with van der Waals surface area (Å²) in [5.41, 5.74) is 2.08. The number of para-hydroxylation sites is 1. The Labute approximate surface area is 165 Å². The average molecular weight is 379 g/mol. The van der Waals surface area contributed by atoms with Gasteiger partial charge >= 0.3 is 0 Å². The number of carbonyl (C=O) groups is 1. The summed E-state index contributed by atoms with van der Waals surface area (Å²) in [5, 5.41) is 3.07. The van der Waals surface area contributed by atoms with E-state index in [9.17, 15) is 4.79 Å². The monoisotopic (exact) mass is 378 g/mol. The highest BCUT2D eigenvalue weighted by Gasteiger charge is 2.26. The van der Waals surface area contributed by atoms with E-state index in [1.807, 2.05) is 59.8 Å². The number of nitrogens with zero attached hydrogens (tertiary/aromatic N) is 2. The second-order valence-corrected chi connectivity index (χ2v) is 8.59. The minimum absolute atomic E-state index is 0.0267. The quantitative estimate of drug-likeness (QED) is 0.426. The van der Waals surface area contributed by atoms with Gasteiger partial charge in [0.25, 0.3) is 0 Å². The molecule has 0 unspecified atom stereocenters. The van der Waals surface area contributed by atoms with Crippen molar-refractivity contribution in [3.8, 4) is 0 Å². The summed E-state index contributed by atoms with van der Waals surface area (Å²) in [6.07, 6.45) is 3.80. The van der Waals surface area contributed by atoms with Crippen LogP contribution in [0.25, 0.3) is 10.9 Å². The Morgan fingerprint density at radius 2 is 1.74 bits per heavy atom. The van der Waals surface area contributed by atoms with Crippen LogP contribution in [-0.4, -0.2) is 20.9 Å². The number of carbonyl (C=O) groups excluding carboxylic acids is 1. The molecular formula is C23H26N2OS.